The number of aromatic amines is 1. The Morgan fingerprint density at radius 2 is 1.22 bits per heavy atom. The van der Waals surface area contributed by atoms with E-state index in [0.29, 0.717) is 5.33 Å². The summed E-state index contributed by atoms with van der Waals surface area (Å²) in [7, 11) is 4.34. The fraction of sp³-hybridized carbons (Fsp3) is 0.567. The Balaban J connectivity index is 0. The van der Waals surface area contributed by atoms with Crippen molar-refractivity contribution in [2.45, 2.75) is 111 Å². The number of H-pyrrole nitrogens is 1. The van der Waals surface area contributed by atoms with Crippen molar-refractivity contribution in [3.8, 4) is 0 Å². The second-order valence-corrected chi connectivity index (χ2v) is 14.0. The van der Waals surface area contributed by atoms with Crippen LogP contribution in [-0.4, -0.2) is 84.3 Å². The first kappa shape index (κ1) is 47.1. The average molecular weight is 774 g/mol. The number of alkyl halides is 1. The zero-order chi connectivity index (χ0) is 38.5. The van der Waals surface area contributed by atoms with Gasteiger partial charge in [0.1, 0.15) is 22.4 Å². The first-order chi connectivity index (χ1) is 22.3. The number of carbonyl (C=O) groups is 4. The number of rotatable bonds is 1. The van der Waals surface area contributed by atoms with Crippen molar-refractivity contribution in [3.63, 3.8) is 0 Å². The predicted octanol–water partition coefficient (Wildman–Crippen LogP) is 7.69. The van der Waals surface area contributed by atoms with Crippen molar-refractivity contribution >= 4 is 60.9 Å². The van der Waals surface area contributed by atoms with Gasteiger partial charge < -0.3 is 23.7 Å². The molecular weight excluding hydrogens is 725 g/mol. The molecule has 3 heterocycles. The van der Waals surface area contributed by atoms with Gasteiger partial charge in [-0.1, -0.05) is 15.9 Å². The first-order valence-electron chi connectivity index (χ1n) is 14.5. The molecule has 19 heteroatoms. The van der Waals surface area contributed by atoms with Gasteiger partial charge in [0.05, 0.1) is 5.69 Å². The Kier molecular flexibility index (Phi) is 21.7. The van der Waals surface area contributed by atoms with E-state index < -0.39 is 46.9 Å². The van der Waals surface area contributed by atoms with Crippen molar-refractivity contribution in [1.29, 1.82) is 0 Å². The molecule has 1 radical (unpaired) electrons. The number of halogens is 1. The molecule has 0 aliphatic heterocycles. The summed E-state index contributed by atoms with van der Waals surface area (Å²) in [6.07, 6.45) is 5.11. The van der Waals surface area contributed by atoms with Gasteiger partial charge in [0.25, 0.3) is 0 Å². The Labute approximate surface area is 302 Å². The summed E-state index contributed by atoms with van der Waals surface area (Å²) in [5.74, 6) is 0. The van der Waals surface area contributed by atoms with Gasteiger partial charge in [-0.2, -0.15) is 24.7 Å². The van der Waals surface area contributed by atoms with Crippen molar-refractivity contribution in [2.75, 3.05) is 0 Å². The molecule has 273 valence electrons. The minimum Gasteiger partial charge on any atom is -0.286 e. The Hall–Kier alpha value is -4.00. The summed E-state index contributed by atoms with van der Waals surface area (Å²) in [6, 6.07) is 5.27. The van der Waals surface area contributed by atoms with Crippen LogP contribution in [0, 0.1) is 0 Å². The summed E-state index contributed by atoms with van der Waals surface area (Å²) in [5.41, 5.74) is -1.55. The van der Waals surface area contributed by atoms with Crippen LogP contribution in [0.15, 0.2) is 53.5 Å². The molecule has 0 saturated carbocycles. The molecule has 0 aliphatic rings. The summed E-state index contributed by atoms with van der Waals surface area (Å²) in [4.78, 5) is 44.7. The quantitative estimate of drug-likeness (QED) is 0.0613. The molecule has 0 spiro atoms. The van der Waals surface area contributed by atoms with Crippen molar-refractivity contribution in [3.05, 3.63) is 54.9 Å². The minimum absolute atomic E-state index is 0.451. The van der Waals surface area contributed by atoms with Crippen LogP contribution in [0.3, 0.4) is 0 Å². The normalized spacial score (nSPS) is 10.7. The molecule has 49 heavy (non-hydrogen) atoms. The van der Waals surface area contributed by atoms with E-state index in [1.165, 1.54) is 10.9 Å². The number of nitrogens with one attached hydrogen (secondary N) is 1. The van der Waals surface area contributed by atoms with Gasteiger partial charge in [-0.15, -0.1) is 0 Å². The molecule has 0 saturated heterocycles. The fourth-order valence-corrected chi connectivity index (χ4v) is 2.65. The largest absolute Gasteiger partial charge is 0.286 e. The van der Waals surface area contributed by atoms with E-state index in [-0.39, 0.29) is 0 Å². The van der Waals surface area contributed by atoms with Gasteiger partial charge in [0, 0.05) is 36.3 Å². The Morgan fingerprint density at radius 3 is 1.51 bits per heavy atom. The van der Waals surface area contributed by atoms with Crippen LogP contribution >= 0.6 is 28.7 Å². The second-order valence-electron chi connectivity index (χ2n) is 13.2. The predicted molar refractivity (Wildman–Crippen MR) is 190 cm³/mol. The summed E-state index contributed by atoms with van der Waals surface area (Å²) in [6.45, 7) is 20.9. The van der Waals surface area contributed by atoms with Crippen LogP contribution in [0.4, 0.5) is 19.2 Å². The third-order valence-electron chi connectivity index (χ3n) is 3.80. The van der Waals surface area contributed by atoms with Crippen molar-refractivity contribution < 1.29 is 42.9 Å². The maximum atomic E-state index is 11.5. The van der Waals surface area contributed by atoms with Gasteiger partial charge in [-0.25, -0.2) is 19.2 Å². The molecule has 0 bridgehead atoms. The molecule has 0 aliphatic carbocycles. The van der Waals surface area contributed by atoms with E-state index in [2.05, 4.69) is 65.8 Å². The molecule has 1 N–H and O–H groups in total. The number of thiol groups is 1. The van der Waals surface area contributed by atoms with Gasteiger partial charge in [0.15, 0.2) is 0 Å². The molecule has 3 aromatic heterocycles. The molecule has 0 fully saturated rings. The molecule has 0 atom stereocenters. The smallest absolute Gasteiger partial charge is 0.0487 e. The fourth-order valence-electron chi connectivity index (χ4n) is 2.35. The van der Waals surface area contributed by atoms with Gasteiger partial charge in [-0.3, -0.25) is 5.10 Å². The Bertz CT molecular complexity index is 1330. The molecule has 0 amide bonds. The molecule has 3 aromatic rings. The van der Waals surface area contributed by atoms with Crippen molar-refractivity contribution in [2.24, 2.45) is 4.30 Å². The topological polar surface area (TPSA) is 191 Å². The number of hydrogen-bond donors (Lipinski definition) is 2. The third kappa shape index (κ3) is 29.8. The first-order valence-corrected chi connectivity index (χ1v) is 16.0. The standard InChI is InChI=1S/C10H18O5.C9H13BrN2O2.C8H12N2O2.C3H4N2.BHNS/c1-9(2,3)14-7(11)13-8(12)15-10(4,5)6;1-9(2,3)14-8(13)12-5-4-7(6-10)11-12;1-8(2,3)12-7(11)10-6-4-5-9-10;1-2-4-5-3-1;1-2-3/h1-6H3;4-5H,6H2,1-3H3;4-6H,1-3H3;1-3H,(H,4,5);3H. The van der Waals surface area contributed by atoms with Crippen LogP contribution in [0.1, 0.15) is 88.8 Å². The molecule has 3 rings (SSSR count). The molecule has 16 nitrogen and oxygen atoms in total. The maximum Gasteiger partial charge on any atom is 0.0487 e. The molecule has 0 aromatic carbocycles. The number of nitrogens with zero attached hydrogens (tertiary/aromatic N) is 6. The van der Waals surface area contributed by atoms with Gasteiger partial charge in [0.2, 0.25) is 0 Å². The van der Waals surface area contributed by atoms with E-state index in [9.17, 15) is 19.2 Å². The van der Waals surface area contributed by atoms with E-state index in [4.69, 9.17) is 18.9 Å². The second kappa shape index (κ2) is 22.6. The van der Waals surface area contributed by atoms with Gasteiger partial charge in [-0.05, 0) is 101 Å². The zero-order valence-corrected chi connectivity index (χ0v) is 32.6. The summed E-state index contributed by atoms with van der Waals surface area (Å²) >= 11 is 6.44. The number of hydrogen-bond acceptors (Lipinski definition) is 14. The number of aromatic nitrogens is 6. The van der Waals surface area contributed by atoms with Crippen molar-refractivity contribution in [1.82, 2.24) is 29.8 Å². The van der Waals surface area contributed by atoms with E-state index in [1.54, 1.807) is 78.5 Å². The monoisotopic (exact) mass is 772 g/mol. The van der Waals surface area contributed by atoms with Crippen LogP contribution in [0.2, 0.25) is 0 Å². The summed E-state index contributed by atoms with van der Waals surface area (Å²) < 4.78 is 29.0. The Morgan fingerprint density at radius 1 is 0.776 bits per heavy atom. The average Bonchev–Trinajstić information content (AvgIpc) is 3.70. The number of ether oxygens (including phenoxy) is 5. The van der Waals surface area contributed by atoms with Gasteiger partial charge >= 0.3 is 49.3 Å². The minimum atomic E-state index is -1.06. The third-order valence-corrected chi connectivity index (χ3v) is 4.37. The van der Waals surface area contributed by atoms with Crippen LogP contribution in [0.25, 0.3) is 0 Å². The molecule has 0 unspecified atom stereocenters. The van der Waals surface area contributed by atoms with E-state index >= 15 is 0 Å². The van der Waals surface area contributed by atoms with E-state index in [0.717, 1.165) is 10.4 Å². The maximum absolute atomic E-state index is 11.5. The summed E-state index contributed by atoms with van der Waals surface area (Å²) in [5, 5.41) is 14.6. The zero-order valence-electron chi connectivity index (χ0n) is 30.1. The van der Waals surface area contributed by atoms with E-state index in [1.807, 2.05) is 47.6 Å². The number of carbonyl (C=O) groups excluding carboxylic acids is 4. The van der Waals surface area contributed by atoms with Crippen LogP contribution in [0.5, 0.6) is 0 Å². The molecular formula is C30H48BBrN7O9S. The SMILES string of the molecule is CC(C)(C)OC(=O)OC(=O)OC(C)(C)C.CC(C)(C)OC(=O)n1ccc(CBr)n1.CC(C)(C)OC(=O)n1cccn1.[B]=NS.c1cn[nH]c1. The van der Waals surface area contributed by atoms with Crippen LogP contribution < -0.4 is 0 Å². The van der Waals surface area contributed by atoms with Crippen LogP contribution in [-0.2, 0) is 29.0 Å².